The zero-order valence-electron chi connectivity index (χ0n) is 10.1. The van der Waals surface area contributed by atoms with Crippen molar-refractivity contribution < 1.29 is 13.9 Å². The van der Waals surface area contributed by atoms with Crippen molar-refractivity contribution in [2.24, 2.45) is 0 Å². The van der Waals surface area contributed by atoms with Gasteiger partial charge in [0.05, 0.1) is 5.02 Å². The van der Waals surface area contributed by atoms with Gasteiger partial charge in [0.2, 0.25) is 0 Å². The van der Waals surface area contributed by atoms with Gasteiger partial charge in [0.15, 0.2) is 6.61 Å². The number of carbonyl (C=O) groups is 1. The van der Waals surface area contributed by atoms with Crippen LogP contribution in [0.15, 0.2) is 18.2 Å². The number of nitrogens with one attached hydrogen (secondary N) is 2. The summed E-state index contributed by atoms with van der Waals surface area (Å²) in [5, 5.41) is 5.90. The van der Waals surface area contributed by atoms with E-state index in [4.69, 9.17) is 16.3 Å². The topological polar surface area (TPSA) is 50.4 Å². The van der Waals surface area contributed by atoms with E-state index < -0.39 is 5.82 Å². The van der Waals surface area contributed by atoms with Gasteiger partial charge in [0.25, 0.3) is 5.91 Å². The molecule has 6 heteroatoms. The zero-order chi connectivity index (χ0) is 13.4. The second-order valence-electron chi connectivity index (χ2n) is 3.57. The molecule has 0 fully saturated rings. The summed E-state index contributed by atoms with van der Waals surface area (Å²) in [6.45, 7) is 3.95. The zero-order valence-corrected chi connectivity index (χ0v) is 10.9. The number of ether oxygens (including phenoxy) is 1. The van der Waals surface area contributed by atoms with Crippen molar-refractivity contribution in [1.29, 1.82) is 0 Å². The molecule has 1 aromatic rings. The first-order chi connectivity index (χ1) is 8.63. The maximum Gasteiger partial charge on any atom is 0.257 e. The van der Waals surface area contributed by atoms with Crippen molar-refractivity contribution >= 4 is 17.5 Å². The van der Waals surface area contributed by atoms with E-state index in [9.17, 15) is 9.18 Å². The Morgan fingerprint density at radius 1 is 1.44 bits per heavy atom. The molecule has 0 bridgehead atoms. The number of amides is 1. The van der Waals surface area contributed by atoms with E-state index >= 15 is 0 Å². The van der Waals surface area contributed by atoms with Gasteiger partial charge in [0.1, 0.15) is 11.6 Å². The van der Waals surface area contributed by atoms with Crippen LogP contribution in [0.25, 0.3) is 0 Å². The lowest BCUT2D eigenvalue weighted by Crippen LogP contribution is -2.34. The van der Waals surface area contributed by atoms with Gasteiger partial charge >= 0.3 is 0 Å². The Balaban J connectivity index is 2.29. The summed E-state index contributed by atoms with van der Waals surface area (Å²) in [4.78, 5) is 11.4. The first-order valence-corrected chi connectivity index (χ1v) is 6.06. The van der Waals surface area contributed by atoms with E-state index in [0.717, 1.165) is 12.6 Å². The molecule has 0 aliphatic heterocycles. The normalized spacial score (nSPS) is 10.2. The Hall–Kier alpha value is -1.33. The predicted molar refractivity (Wildman–Crippen MR) is 68.5 cm³/mol. The second kappa shape index (κ2) is 7.89. The average molecular weight is 275 g/mol. The van der Waals surface area contributed by atoms with Crippen molar-refractivity contribution in [3.8, 4) is 5.75 Å². The third-order valence-corrected chi connectivity index (χ3v) is 2.42. The Morgan fingerprint density at radius 2 is 2.22 bits per heavy atom. The Labute approximate surface area is 110 Å². The lowest BCUT2D eigenvalue weighted by molar-refractivity contribution is -0.123. The number of carbonyl (C=O) groups excluding carboxylic acids is 1. The third-order valence-electron chi connectivity index (χ3n) is 2.13. The first kappa shape index (κ1) is 14.7. The van der Waals surface area contributed by atoms with Crippen LogP contribution in [0.4, 0.5) is 4.39 Å². The number of halogens is 2. The second-order valence-corrected chi connectivity index (χ2v) is 3.97. The number of likely N-dealkylation sites (N-methyl/N-ethyl adjacent to an activating group) is 1. The smallest absolute Gasteiger partial charge is 0.257 e. The summed E-state index contributed by atoms with van der Waals surface area (Å²) in [6, 6.07) is 3.76. The van der Waals surface area contributed by atoms with Gasteiger partial charge in [-0.3, -0.25) is 4.79 Å². The summed E-state index contributed by atoms with van der Waals surface area (Å²) in [6.07, 6.45) is 0. The lowest BCUT2D eigenvalue weighted by atomic mass is 10.3. The molecule has 1 amide bonds. The molecule has 0 unspecified atom stereocenters. The van der Waals surface area contributed by atoms with Crippen LogP contribution >= 0.6 is 11.6 Å². The summed E-state index contributed by atoms with van der Waals surface area (Å²) >= 11 is 5.75. The molecule has 0 saturated heterocycles. The molecule has 0 saturated carbocycles. The minimum absolute atomic E-state index is 0.141. The van der Waals surface area contributed by atoms with Gasteiger partial charge < -0.3 is 15.4 Å². The largest absolute Gasteiger partial charge is 0.482 e. The third kappa shape index (κ3) is 5.33. The molecule has 100 valence electrons. The summed E-state index contributed by atoms with van der Waals surface area (Å²) in [5.41, 5.74) is 0. The maximum absolute atomic E-state index is 12.8. The summed E-state index contributed by atoms with van der Waals surface area (Å²) < 4.78 is 17.9. The lowest BCUT2D eigenvalue weighted by Gasteiger charge is -2.08. The molecule has 0 aromatic heterocycles. The molecule has 0 heterocycles. The fraction of sp³-hybridized carbons (Fsp3) is 0.417. The van der Waals surface area contributed by atoms with Crippen LogP contribution < -0.4 is 15.4 Å². The van der Waals surface area contributed by atoms with Gasteiger partial charge in [-0.25, -0.2) is 4.39 Å². The first-order valence-electron chi connectivity index (χ1n) is 5.68. The standard InChI is InChI=1S/C12H16ClFN2O2/c1-2-15-5-6-16-12(17)8-18-11-4-3-9(14)7-10(11)13/h3-4,7,15H,2,5-6,8H2,1H3,(H,16,17). The van der Waals surface area contributed by atoms with E-state index in [1.165, 1.54) is 12.1 Å². The molecule has 0 aliphatic carbocycles. The highest BCUT2D eigenvalue weighted by Gasteiger charge is 2.06. The highest BCUT2D eigenvalue weighted by molar-refractivity contribution is 6.32. The van der Waals surface area contributed by atoms with Gasteiger partial charge in [-0.2, -0.15) is 0 Å². The number of hydrogen-bond acceptors (Lipinski definition) is 3. The van der Waals surface area contributed by atoms with E-state index in [2.05, 4.69) is 10.6 Å². The van der Waals surface area contributed by atoms with E-state index in [0.29, 0.717) is 18.8 Å². The minimum Gasteiger partial charge on any atom is -0.482 e. The maximum atomic E-state index is 12.8. The number of hydrogen-bond donors (Lipinski definition) is 2. The SMILES string of the molecule is CCNCCNC(=O)COc1ccc(F)cc1Cl. The van der Waals surface area contributed by atoms with Crippen LogP contribution in [-0.4, -0.2) is 32.1 Å². The summed E-state index contributed by atoms with van der Waals surface area (Å²) in [7, 11) is 0. The van der Waals surface area contributed by atoms with Crippen molar-refractivity contribution in [2.45, 2.75) is 6.92 Å². The number of benzene rings is 1. The van der Waals surface area contributed by atoms with Crippen LogP contribution in [0, 0.1) is 5.82 Å². The molecule has 0 radical (unpaired) electrons. The number of rotatable bonds is 7. The minimum atomic E-state index is -0.442. The molecular formula is C12H16ClFN2O2. The van der Waals surface area contributed by atoms with Gasteiger partial charge in [-0.15, -0.1) is 0 Å². The Morgan fingerprint density at radius 3 is 2.89 bits per heavy atom. The van der Waals surface area contributed by atoms with E-state index in [1.54, 1.807) is 0 Å². The molecule has 2 N–H and O–H groups in total. The van der Waals surface area contributed by atoms with Gasteiger partial charge in [0, 0.05) is 13.1 Å². The molecule has 1 rings (SSSR count). The highest BCUT2D eigenvalue weighted by Crippen LogP contribution is 2.24. The van der Waals surface area contributed by atoms with E-state index in [1.807, 2.05) is 6.92 Å². The average Bonchev–Trinajstić information content (AvgIpc) is 2.33. The molecule has 0 atom stereocenters. The fourth-order valence-electron chi connectivity index (χ4n) is 1.25. The van der Waals surface area contributed by atoms with Crippen molar-refractivity contribution in [3.05, 3.63) is 29.0 Å². The molecular weight excluding hydrogens is 259 g/mol. The van der Waals surface area contributed by atoms with Crippen LogP contribution in [0.2, 0.25) is 5.02 Å². The monoisotopic (exact) mass is 274 g/mol. The Bertz CT molecular complexity index is 402. The highest BCUT2D eigenvalue weighted by atomic mass is 35.5. The van der Waals surface area contributed by atoms with Crippen molar-refractivity contribution in [2.75, 3.05) is 26.2 Å². The van der Waals surface area contributed by atoms with Crippen LogP contribution in [0.5, 0.6) is 5.75 Å². The molecule has 18 heavy (non-hydrogen) atoms. The van der Waals surface area contributed by atoms with Crippen LogP contribution in [-0.2, 0) is 4.79 Å². The van der Waals surface area contributed by atoms with Crippen molar-refractivity contribution in [1.82, 2.24) is 10.6 Å². The summed E-state index contributed by atoms with van der Waals surface area (Å²) in [5.74, 6) is -0.393. The molecule has 0 aliphatic rings. The van der Waals surface area contributed by atoms with Gasteiger partial charge in [-0.1, -0.05) is 18.5 Å². The molecule has 0 spiro atoms. The van der Waals surface area contributed by atoms with Gasteiger partial charge in [-0.05, 0) is 24.7 Å². The fourth-order valence-corrected chi connectivity index (χ4v) is 1.48. The van der Waals surface area contributed by atoms with Crippen LogP contribution in [0.1, 0.15) is 6.92 Å². The predicted octanol–water partition coefficient (Wildman–Crippen LogP) is 1.58. The molecule has 1 aromatic carbocycles. The Kier molecular flexibility index (Phi) is 6.46. The quantitative estimate of drug-likeness (QED) is 0.743. The van der Waals surface area contributed by atoms with E-state index in [-0.39, 0.29) is 17.5 Å². The van der Waals surface area contributed by atoms with Crippen molar-refractivity contribution in [3.63, 3.8) is 0 Å². The van der Waals surface area contributed by atoms with Crippen LogP contribution in [0.3, 0.4) is 0 Å². The molecule has 4 nitrogen and oxygen atoms in total.